The van der Waals surface area contributed by atoms with Crippen LogP contribution in [0.15, 0.2) is 72.1 Å². The molecule has 1 N–H and O–H groups in total. The number of hydrogen-bond acceptors (Lipinski definition) is 5. The minimum Gasteiger partial charge on any atom is -0.349 e. The lowest BCUT2D eigenvalue weighted by Gasteiger charge is -2.06. The van der Waals surface area contributed by atoms with Gasteiger partial charge in [0.1, 0.15) is 0 Å². The van der Waals surface area contributed by atoms with Crippen molar-refractivity contribution in [1.82, 2.24) is 14.8 Å². The lowest BCUT2D eigenvalue weighted by molar-refractivity contribution is 0.0890. The summed E-state index contributed by atoms with van der Waals surface area (Å²) in [6.07, 6.45) is 1.04. The van der Waals surface area contributed by atoms with E-state index in [2.05, 4.69) is 21.5 Å². The molecule has 4 aromatic rings. The Morgan fingerprint density at radius 1 is 1.03 bits per heavy atom. The van der Waals surface area contributed by atoms with Gasteiger partial charge in [0.25, 0.3) is 0 Å². The molecule has 0 amide bonds. The first kappa shape index (κ1) is 19.1. The Bertz CT molecular complexity index is 1070. The SMILES string of the molecule is Cc1ccc(-c2nc(NCc3cccs3)n(C(=O)CCc3ccccc3)n2)cc1. The van der Waals surface area contributed by atoms with E-state index in [0.717, 1.165) is 11.1 Å². The summed E-state index contributed by atoms with van der Waals surface area (Å²) in [5.41, 5.74) is 3.19. The highest BCUT2D eigenvalue weighted by atomic mass is 32.1. The van der Waals surface area contributed by atoms with Gasteiger partial charge in [0.2, 0.25) is 11.9 Å². The zero-order valence-electron chi connectivity index (χ0n) is 16.2. The number of benzene rings is 2. The third-order valence-electron chi connectivity index (χ3n) is 4.62. The number of thiophene rings is 1. The van der Waals surface area contributed by atoms with Crippen LogP contribution in [0.25, 0.3) is 11.4 Å². The van der Waals surface area contributed by atoms with Crippen LogP contribution >= 0.6 is 11.3 Å². The molecular weight excluding hydrogens is 380 g/mol. The fourth-order valence-corrected chi connectivity index (χ4v) is 3.65. The zero-order valence-corrected chi connectivity index (χ0v) is 17.0. The van der Waals surface area contributed by atoms with Gasteiger partial charge in [-0.2, -0.15) is 9.67 Å². The van der Waals surface area contributed by atoms with Crippen LogP contribution in [0.1, 0.15) is 27.2 Å². The average Bonchev–Trinajstić information content (AvgIpc) is 3.42. The molecule has 0 saturated heterocycles. The van der Waals surface area contributed by atoms with E-state index in [1.165, 1.54) is 15.1 Å². The zero-order chi connectivity index (χ0) is 20.1. The van der Waals surface area contributed by atoms with Crippen molar-refractivity contribution in [1.29, 1.82) is 0 Å². The summed E-state index contributed by atoms with van der Waals surface area (Å²) in [6, 6.07) is 22.1. The molecule has 4 rings (SSSR count). The molecular formula is C23H22N4OS. The van der Waals surface area contributed by atoms with Gasteiger partial charge in [0, 0.05) is 16.9 Å². The van der Waals surface area contributed by atoms with Gasteiger partial charge >= 0.3 is 0 Å². The average molecular weight is 403 g/mol. The first-order valence-electron chi connectivity index (χ1n) is 9.56. The van der Waals surface area contributed by atoms with E-state index in [1.807, 2.05) is 73.0 Å². The molecule has 2 aromatic carbocycles. The van der Waals surface area contributed by atoms with E-state index in [4.69, 9.17) is 0 Å². The largest absolute Gasteiger partial charge is 0.349 e. The molecule has 0 atom stereocenters. The Morgan fingerprint density at radius 2 is 1.83 bits per heavy atom. The van der Waals surface area contributed by atoms with E-state index in [1.54, 1.807) is 11.3 Å². The Hall–Kier alpha value is -3.25. The monoisotopic (exact) mass is 402 g/mol. The lowest BCUT2D eigenvalue weighted by atomic mass is 10.1. The number of nitrogens with zero attached hydrogens (tertiary/aromatic N) is 3. The standard InChI is InChI=1S/C23H22N4OS/c1-17-9-12-19(13-10-17)22-25-23(24-16-20-8-5-15-29-20)27(26-22)21(28)14-11-18-6-3-2-4-7-18/h2-10,12-13,15H,11,14,16H2,1H3,(H,24,25,26). The van der Waals surface area contributed by atoms with E-state index >= 15 is 0 Å². The highest BCUT2D eigenvalue weighted by Gasteiger charge is 2.17. The van der Waals surface area contributed by atoms with Crippen LogP contribution in [0, 0.1) is 6.92 Å². The quantitative estimate of drug-likeness (QED) is 0.462. The van der Waals surface area contributed by atoms with E-state index < -0.39 is 0 Å². The smallest absolute Gasteiger partial charge is 0.250 e. The fourth-order valence-electron chi connectivity index (χ4n) is 3.01. The second-order valence-electron chi connectivity index (χ2n) is 6.85. The molecule has 2 aromatic heterocycles. The fraction of sp³-hybridized carbons (Fsp3) is 0.174. The summed E-state index contributed by atoms with van der Waals surface area (Å²) in [5.74, 6) is 0.951. The number of aromatic nitrogens is 3. The summed E-state index contributed by atoms with van der Waals surface area (Å²) in [6.45, 7) is 2.65. The maximum atomic E-state index is 12.9. The van der Waals surface area contributed by atoms with Crippen molar-refractivity contribution in [2.24, 2.45) is 0 Å². The lowest BCUT2D eigenvalue weighted by Crippen LogP contribution is -2.17. The summed E-state index contributed by atoms with van der Waals surface area (Å²) < 4.78 is 1.41. The van der Waals surface area contributed by atoms with Crippen molar-refractivity contribution in [3.8, 4) is 11.4 Å². The summed E-state index contributed by atoms with van der Waals surface area (Å²) in [4.78, 5) is 18.7. The van der Waals surface area contributed by atoms with Crippen molar-refractivity contribution in [2.45, 2.75) is 26.3 Å². The molecule has 0 aliphatic heterocycles. The highest BCUT2D eigenvalue weighted by molar-refractivity contribution is 7.09. The van der Waals surface area contributed by atoms with E-state index in [0.29, 0.717) is 31.2 Å². The first-order chi connectivity index (χ1) is 14.2. The molecule has 0 aliphatic rings. The van der Waals surface area contributed by atoms with E-state index in [9.17, 15) is 4.79 Å². The summed E-state index contributed by atoms with van der Waals surface area (Å²) >= 11 is 1.66. The summed E-state index contributed by atoms with van der Waals surface area (Å²) in [5, 5.41) is 9.83. The maximum Gasteiger partial charge on any atom is 0.250 e. The van der Waals surface area contributed by atoms with Gasteiger partial charge in [-0.15, -0.1) is 16.4 Å². The predicted molar refractivity (Wildman–Crippen MR) is 117 cm³/mol. The van der Waals surface area contributed by atoms with Crippen molar-refractivity contribution in [3.63, 3.8) is 0 Å². The van der Waals surface area contributed by atoms with Crippen molar-refractivity contribution < 1.29 is 4.79 Å². The third-order valence-corrected chi connectivity index (χ3v) is 5.50. The van der Waals surface area contributed by atoms with Gasteiger partial charge in [0.05, 0.1) is 6.54 Å². The maximum absolute atomic E-state index is 12.9. The number of aryl methyl sites for hydroxylation is 2. The molecule has 6 heteroatoms. The van der Waals surface area contributed by atoms with Gasteiger partial charge in [-0.3, -0.25) is 4.79 Å². The molecule has 0 aliphatic carbocycles. The molecule has 0 radical (unpaired) electrons. The van der Waals surface area contributed by atoms with Crippen LogP contribution in [0.3, 0.4) is 0 Å². The van der Waals surface area contributed by atoms with Gasteiger partial charge < -0.3 is 5.32 Å². The predicted octanol–water partition coefficient (Wildman–Crippen LogP) is 5.20. The van der Waals surface area contributed by atoms with Crippen molar-refractivity contribution >= 4 is 23.2 Å². The Balaban J connectivity index is 1.57. The normalized spacial score (nSPS) is 10.8. The molecule has 0 fully saturated rings. The Labute approximate surface area is 174 Å². The molecule has 146 valence electrons. The summed E-state index contributed by atoms with van der Waals surface area (Å²) in [7, 11) is 0. The number of nitrogens with one attached hydrogen (secondary N) is 1. The number of hydrogen-bond donors (Lipinski definition) is 1. The van der Waals surface area contributed by atoms with Gasteiger partial charge in [-0.1, -0.05) is 66.2 Å². The van der Waals surface area contributed by atoms with Crippen molar-refractivity contribution in [2.75, 3.05) is 5.32 Å². The minimum absolute atomic E-state index is 0.0756. The molecule has 0 spiro atoms. The second-order valence-corrected chi connectivity index (χ2v) is 7.88. The number of rotatable bonds is 7. The first-order valence-corrected chi connectivity index (χ1v) is 10.4. The van der Waals surface area contributed by atoms with E-state index in [-0.39, 0.29) is 5.91 Å². The second kappa shape index (κ2) is 8.84. The highest BCUT2D eigenvalue weighted by Crippen LogP contribution is 2.20. The minimum atomic E-state index is -0.0756. The molecule has 0 saturated carbocycles. The number of carbonyl (C=O) groups excluding carboxylic acids is 1. The number of anilines is 1. The van der Waals surface area contributed by atoms with Crippen LogP contribution < -0.4 is 5.32 Å². The molecule has 0 bridgehead atoms. The van der Waals surface area contributed by atoms with Crippen LogP contribution in [0.5, 0.6) is 0 Å². The third kappa shape index (κ3) is 4.78. The molecule has 5 nitrogen and oxygen atoms in total. The molecule has 0 unspecified atom stereocenters. The molecule has 2 heterocycles. The Kier molecular flexibility index (Phi) is 5.81. The van der Waals surface area contributed by atoms with Crippen LogP contribution in [-0.2, 0) is 13.0 Å². The van der Waals surface area contributed by atoms with Crippen LogP contribution in [-0.4, -0.2) is 20.7 Å². The van der Waals surface area contributed by atoms with Crippen molar-refractivity contribution in [3.05, 3.63) is 88.1 Å². The molecule has 29 heavy (non-hydrogen) atoms. The van der Waals surface area contributed by atoms with Crippen LogP contribution in [0.2, 0.25) is 0 Å². The Morgan fingerprint density at radius 3 is 2.55 bits per heavy atom. The topological polar surface area (TPSA) is 59.8 Å². The van der Waals surface area contributed by atoms with Gasteiger partial charge in [-0.25, -0.2) is 0 Å². The van der Waals surface area contributed by atoms with Crippen LogP contribution in [0.4, 0.5) is 5.95 Å². The number of carbonyl (C=O) groups is 1. The van der Waals surface area contributed by atoms with Gasteiger partial charge in [-0.05, 0) is 30.4 Å². The van der Waals surface area contributed by atoms with Gasteiger partial charge in [0.15, 0.2) is 5.82 Å².